The summed E-state index contributed by atoms with van der Waals surface area (Å²) >= 11 is 7.28. The molecule has 5 nitrogen and oxygen atoms in total. The summed E-state index contributed by atoms with van der Waals surface area (Å²) in [4.78, 5) is 17.3. The van der Waals surface area contributed by atoms with Crippen molar-refractivity contribution in [2.24, 2.45) is 0 Å². The zero-order chi connectivity index (χ0) is 15.5. The highest BCUT2D eigenvalue weighted by Crippen LogP contribution is 2.38. The lowest BCUT2D eigenvalue weighted by Gasteiger charge is -2.09. The van der Waals surface area contributed by atoms with E-state index in [2.05, 4.69) is 15.5 Å². The number of amides is 1. The van der Waals surface area contributed by atoms with Gasteiger partial charge in [0.2, 0.25) is 11.8 Å². The molecule has 116 valence electrons. The van der Waals surface area contributed by atoms with Crippen LogP contribution in [0.2, 0.25) is 5.02 Å². The number of benzene rings is 1. The summed E-state index contributed by atoms with van der Waals surface area (Å²) < 4.78 is 5.21. The van der Waals surface area contributed by atoms with Gasteiger partial charge in [-0.3, -0.25) is 4.79 Å². The van der Waals surface area contributed by atoms with E-state index in [1.54, 1.807) is 0 Å². The predicted molar refractivity (Wildman–Crippen MR) is 85.0 cm³/mol. The van der Waals surface area contributed by atoms with Gasteiger partial charge in [0, 0.05) is 15.8 Å². The Bertz CT molecular complexity index is 655. The lowest BCUT2D eigenvalue weighted by atomic mass is 10.3. The molecule has 1 aromatic carbocycles. The van der Waals surface area contributed by atoms with Gasteiger partial charge >= 0.3 is 0 Å². The number of carbonyl (C=O) groups excluding carboxylic acids is 1. The van der Waals surface area contributed by atoms with Crippen molar-refractivity contribution in [3.8, 4) is 0 Å². The van der Waals surface area contributed by atoms with Gasteiger partial charge in [-0.05, 0) is 44.0 Å². The largest absolute Gasteiger partial charge is 0.344 e. The summed E-state index contributed by atoms with van der Waals surface area (Å²) in [6.45, 7) is 1.84. The fourth-order valence-electron chi connectivity index (χ4n) is 1.96. The fraction of sp³-hybridized carbons (Fsp3) is 0.400. The Kier molecular flexibility index (Phi) is 4.69. The molecule has 1 aliphatic rings. The molecule has 3 rings (SSSR count). The van der Waals surface area contributed by atoms with Gasteiger partial charge in [-0.2, -0.15) is 4.98 Å². The average molecular weight is 338 g/mol. The van der Waals surface area contributed by atoms with Gasteiger partial charge in [0.15, 0.2) is 5.82 Å². The Balaban J connectivity index is 1.48. The van der Waals surface area contributed by atoms with Gasteiger partial charge in [0.1, 0.15) is 6.04 Å². The van der Waals surface area contributed by atoms with Crippen LogP contribution in [0, 0.1) is 0 Å². The van der Waals surface area contributed by atoms with Crippen LogP contribution in [0.1, 0.15) is 43.4 Å². The third kappa shape index (κ3) is 4.01. The number of carbonyl (C=O) groups is 1. The van der Waals surface area contributed by atoms with Crippen LogP contribution in [-0.2, 0) is 4.79 Å². The molecule has 0 unspecified atom stereocenters. The summed E-state index contributed by atoms with van der Waals surface area (Å²) in [6, 6.07) is 7.12. The van der Waals surface area contributed by atoms with Crippen molar-refractivity contribution >= 4 is 29.3 Å². The zero-order valence-corrected chi connectivity index (χ0v) is 13.7. The van der Waals surface area contributed by atoms with Crippen LogP contribution >= 0.6 is 23.4 Å². The summed E-state index contributed by atoms with van der Waals surface area (Å²) in [7, 11) is 0. The Morgan fingerprint density at radius 1 is 1.45 bits per heavy atom. The van der Waals surface area contributed by atoms with E-state index in [1.807, 2.05) is 31.2 Å². The van der Waals surface area contributed by atoms with Gasteiger partial charge in [0.05, 0.1) is 5.75 Å². The maximum atomic E-state index is 12.0. The number of aromatic nitrogens is 2. The van der Waals surface area contributed by atoms with Gasteiger partial charge in [-0.15, -0.1) is 11.8 Å². The molecule has 2 aromatic rings. The number of hydrogen-bond donors (Lipinski definition) is 1. The van der Waals surface area contributed by atoms with Crippen LogP contribution in [-0.4, -0.2) is 21.8 Å². The number of halogens is 1. The standard InChI is InChI=1S/C15H16ClN3O2S/c1-9(15-18-14(19-21-15)10-2-3-10)17-13(20)8-22-12-6-4-11(16)5-7-12/h4-7,9-10H,2-3,8H2,1H3,(H,17,20)/t9-/m1/s1. The Morgan fingerprint density at radius 2 is 2.18 bits per heavy atom. The first-order valence-corrected chi connectivity index (χ1v) is 8.49. The highest BCUT2D eigenvalue weighted by atomic mass is 35.5. The first kappa shape index (κ1) is 15.4. The molecule has 7 heteroatoms. The minimum Gasteiger partial charge on any atom is -0.344 e. The second-order valence-electron chi connectivity index (χ2n) is 5.30. The molecule has 22 heavy (non-hydrogen) atoms. The van der Waals surface area contributed by atoms with E-state index in [9.17, 15) is 4.79 Å². The van der Waals surface area contributed by atoms with Crippen molar-refractivity contribution in [3.63, 3.8) is 0 Å². The topological polar surface area (TPSA) is 68.0 Å². The molecule has 1 aromatic heterocycles. The molecule has 1 aliphatic carbocycles. The SMILES string of the molecule is C[C@@H](NC(=O)CSc1ccc(Cl)cc1)c1nc(C2CC2)no1. The predicted octanol–water partition coefficient (Wildman–Crippen LogP) is 3.57. The number of nitrogens with zero attached hydrogens (tertiary/aromatic N) is 2. The van der Waals surface area contributed by atoms with Crippen LogP contribution in [0.4, 0.5) is 0 Å². The molecule has 1 amide bonds. The van der Waals surface area contributed by atoms with Crippen LogP contribution in [0.3, 0.4) is 0 Å². The van der Waals surface area contributed by atoms with E-state index in [4.69, 9.17) is 16.1 Å². The Hall–Kier alpha value is -1.53. The van der Waals surface area contributed by atoms with Crippen molar-refractivity contribution in [3.05, 3.63) is 41.0 Å². The minimum atomic E-state index is -0.279. The van der Waals surface area contributed by atoms with Gasteiger partial charge in [0.25, 0.3) is 0 Å². The third-order valence-corrected chi connectivity index (χ3v) is 4.60. The molecular weight excluding hydrogens is 322 g/mol. The van der Waals surface area contributed by atoms with Crippen LogP contribution in [0.25, 0.3) is 0 Å². The lowest BCUT2D eigenvalue weighted by molar-refractivity contribution is -0.119. The number of thioether (sulfide) groups is 1. The van der Waals surface area contributed by atoms with Crippen LogP contribution in [0.15, 0.2) is 33.7 Å². The van der Waals surface area contributed by atoms with E-state index < -0.39 is 0 Å². The maximum Gasteiger partial charge on any atom is 0.248 e. The highest BCUT2D eigenvalue weighted by molar-refractivity contribution is 8.00. The molecule has 0 bridgehead atoms. The summed E-state index contributed by atoms with van der Waals surface area (Å²) in [6.07, 6.45) is 2.24. The van der Waals surface area contributed by atoms with Gasteiger partial charge in [-0.25, -0.2) is 0 Å². The Morgan fingerprint density at radius 3 is 2.86 bits per heavy atom. The van der Waals surface area contributed by atoms with Gasteiger partial charge < -0.3 is 9.84 Å². The monoisotopic (exact) mass is 337 g/mol. The van der Waals surface area contributed by atoms with Crippen LogP contribution < -0.4 is 5.32 Å². The Labute approximate surface area is 137 Å². The summed E-state index contributed by atoms with van der Waals surface area (Å²) in [5.74, 6) is 1.92. The van der Waals surface area contributed by atoms with Crippen molar-refractivity contribution in [2.45, 2.75) is 36.6 Å². The first-order valence-electron chi connectivity index (χ1n) is 7.13. The quantitative estimate of drug-likeness (QED) is 0.816. The number of rotatable bonds is 6. The minimum absolute atomic E-state index is 0.0707. The lowest BCUT2D eigenvalue weighted by Crippen LogP contribution is -2.28. The zero-order valence-electron chi connectivity index (χ0n) is 12.1. The van der Waals surface area contributed by atoms with Gasteiger partial charge in [-0.1, -0.05) is 16.8 Å². The van der Waals surface area contributed by atoms with Crippen molar-refractivity contribution in [1.29, 1.82) is 0 Å². The smallest absolute Gasteiger partial charge is 0.248 e. The maximum absolute atomic E-state index is 12.0. The molecule has 1 atom stereocenters. The summed E-state index contributed by atoms with van der Waals surface area (Å²) in [5.41, 5.74) is 0. The van der Waals surface area contributed by atoms with Crippen molar-refractivity contribution < 1.29 is 9.32 Å². The molecule has 0 radical (unpaired) electrons. The number of hydrogen-bond acceptors (Lipinski definition) is 5. The second kappa shape index (κ2) is 6.71. The molecule has 1 saturated carbocycles. The average Bonchev–Trinajstić information content (AvgIpc) is 3.24. The van der Waals surface area contributed by atoms with E-state index >= 15 is 0 Å². The third-order valence-electron chi connectivity index (χ3n) is 3.33. The highest BCUT2D eigenvalue weighted by Gasteiger charge is 2.29. The molecule has 0 aliphatic heterocycles. The molecule has 0 spiro atoms. The normalized spacial score (nSPS) is 15.5. The number of nitrogens with one attached hydrogen (secondary N) is 1. The van der Waals surface area contributed by atoms with E-state index in [1.165, 1.54) is 11.8 Å². The first-order chi connectivity index (χ1) is 10.6. The molecule has 1 N–H and O–H groups in total. The van der Waals surface area contributed by atoms with E-state index in [0.29, 0.717) is 22.6 Å². The summed E-state index contributed by atoms with van der Waals surface area (Å²) in [5, 5.41) is 7.51. The van der Waals surface area contributed by atoms with Crippen molar-refractivity contribution in [2.75, 3.05) is 5.75 Å². The van der Waals surface area contributed by atoms with E-state index in [-0.39, 0.29) is 11.9 Å². The molecule has 1 fully saturated rings. The molecular formula is C15H16ClN3O2S. The van der Waals surface area contributed by atoms with Crippen molar-refractivity contribution in [1.82, 2.24) is 15.5 Å². The fourth-order valence-corrected chi connectivity index (χ4v) is 2.79. The molecule has 1 heterocycles. The second-order valence-corrected chi connectivity index (χ2v) is 6.78. The van der Waals surface area contributed by atoms with Crippen LogP contribution in [0.5, 0.6) is 0 Å². The van der Waals surface area contributed by atoms with E-state index in [0.717, 1.165) is 23.6 Å². The molecule has 0 saturated heterocycles.